The van der Waals surface area contributed by atoms with Crippen molar-refractivity contribution in [3.05, 3.63) is 59.9 Å². The molecule has 8 nitrogen and oxygen atoms in total. The van der Waals surface area contributed by atoms with Gasteiger partial charge >= 0.3 is 11.9 Å². The molecule has 0 N–H and O–H groups in total. The Morgan fingerprint density at radius 3 is 2.29 bits per heavy atom. The molecule has 4 rings (SSSR count). The van der Waals surface area contributed by atoms with E-state index in [1.165, 1.54) is 30.3 Å². The third kappa shape index (κ3) is 2.46. The van der Waals surface area contributed by atoms with Crippen molar-refractivity contribution in [1.29, 1.82) is 0 Å². The summed E-state index contributed by atoms with van der Waals surface area (Å²) < 4.78 is 25.0. The van der Waals surface area contributed by atoms with Crippen LogP contribution in [0.3, 0.4) is 0 Å². The lowest BCUT2D eigenvalue weighted by Crippen LogP contribution is -2.71. The Morgan fingerprint density at radius 1 is 1.03 bits per heavy atom. The minimum absolute atomic E-state index is 0.0453. The van der Waals surface area contributed by atoms with E-state index in [9.17, 15) is 18.8 Å². The third-order valence-corrected chi connectivity index (χ3v) is 6.00. The zero-order chi connectivity index (χ0) is 22.4. The van der Waals surface area contributed by atoms with Crippen molar-refractivity contribution < 1.29 is 33.1 Å². The molecule has 1 fully saturated rings. The monoisotopic (exact) mass is 428 g/mol. The number of benzene rings is 2. The molecule has 1 saturated heterocycles. The Hall–Kier alpha value is -3.46. The number of amides is 1. The first-order valence-corrected chi connectivity index (χ1v) is 9.60. The number of carbonyl (C=O) groups excluding carboxylic acids is 3. The van der Waals surface area contributed by atoms with Crippen molar-refractivity contribution in [2.75, 3.05) is 37.8 Å². The first kappa shape index (κ1) is 20.8. The molecule has 2 aliphatic heterocycles. The summed E-state index contributed by atoms with van der Waals surface area (Å²) in [6, 6.07) is 12.7. The average Bonchev–Trinajstić information content (AvgIpc) is 3.02. The Bertz CT molecular complexity index is 1040. The Balaban J connectivity index is 2.16. The maximum Gasteiger partial charge on any atom is 0.326 e. The van der Waals surface area contributed by atoms with Crippen LogP contribution in [0.15, 0.2) is 48.5 Å². The molecule has 2 aromatic rings. The van der Waals surface area contributed by atoms with Gasteiger partial charge in [0, 0.05) is 19.0 Å². The number of esters is 2. The summed E-state index contributed by atoms with van der Waals surface area (Å²) in [5, 5.41) is 1.22. The van der Waals surface area contributed by atoms with Crippen LogP contribution in [0.5, 0.6) is 0 Å². The summed E-state index contributed by atoms with van der Waals surface area (Å²) in [5.41, 5.74) is -3.76. The molecule has 2 aromatic carbocycles. The lowest BCUT2D eigenvalue weighted by Gasteiger charge is -2.52. The van der Waals surface area contributed by atoms with E-state index < -0.39 is 34.6 Å². The number of halogens is 1. The zero-order valence-corrected chi connectivity index (χ0v) is 17.3. The third-order valence-electron chi connectivity index (χ3n) is 6.00. The van der Waals surface area contributed by atoms with Gasteiger partial charge in [-0.1, -0.05) is 30.3 Å². The van der Waals surface area contributed by atoms with Crippen LogP contribution >= 0.6 is 0 Å². The molecule has 0 aliphatic carbocycles. The SMILES string of the molecule is COC(=O)C1(C(=O)OC)CCON(c2ccccc2)C12C(=O)N(C)c1c(F)cccc12. The van der Waals surface area contributed by atoms with E-state index in [1.54, 1.807) is 30.3 Å². The van der Waals surface area contributed by atoms with E-state index in [0.717, 1.165) is 19.1 Å². The van der Waals surface area contributed by atoms with Gasteiger partial charge in [0.15, 0.2) is 5.54 Å². The van der Waals surface area contributed by atoms with Crippen LogP contribution in [0.25, 0.3) is 0 Å². The van der Waals surface area contributed by atoms with Gasteiger partial charge in [-0.05, 0) is 18.2 Å². The van der Waals surface area contributed by atoms with Crippen LogP contribution in [0.4, 0.5) is 15.8 Å². The van der Waals surface area contributed by atoms with Crippen LogP contribution in [0, 0.1) is 11.2 Å². The normalized spacial score (nSPS) is 21.7. The number of hydrogen-bond acceptors (Lipinski definition) is 7. The highest BCUT2D eigenvalue weighted by molar-refractivity contribution is 6.18. The average molecular weight is 428 g/mol. The van der Waals surface area contributed by atoms with E-state index >= 15 is 0 Å². The van der Waals surface area contributed by atoms with Crippen LogP contribution in [0.2, 0.25) is 0 Å². The number of anilines is 2. The molecule has 0 bridgehead atoms. The van der Waals surface area contributed by atoms with Gasteiger partial charge in [-0.3, -0.25) is 19.2 Å². The number of para-hydroxylation sites is 2. The van der Waals surface area contributed by atoms with Crippen molar-refractivity contribution >= 4 is 29.2 Å². The van der Waals surface area contributed by atoms with E-state index in [0.29, 0.717) is 5.69 Å². The molecule has 0 aromatic heterocycles. The lowest BCUT2D eigenvalue weighted by atomic mass is 9.62. The van der Waals surface area contributed by atoms with Gasteiger partial charge in [0.25, 0.3) is 5.91 Å². The number of fused-ring (bicyclic) bond motifs is 2. The fourth-order valence-corrected chi connectivity index (χ4v) is 4.72. The molecule has 0 saturated carbocycles. The Labute approximate surface area is 178 Å². The lowest BCUT2D eigenvalue weighted by molar-refractivity contribution is -0.191. The molecule has 2 heterocycles. The number of rotatable bonds is 3. The van der Waals surface area contributed by atoms with Gasteiger partial charge in [0.2, 0.25) is 5.41 Å². The molecule has 1 spiro atoms. The molecule has 0 radical (unpaired) electrons. The summed E-state index contributed by atoms with van der Waals surface area (Å²) in [4.78, 5) is 47.6. The quantitative estimate of drug-likeness (QED) is 0.547. The van der Waals surface area contributed by atoms with Crippen molar-refractivity contribution in [2.24, 2.45) is 5.41 Å². The van der Waals surface area contributed by atoms with Crippen LogP contribution in [-0.2, 0) is 34.2 Å². The Morgan fingerprint density at radius 2 is 1.68 bits per heavy atom. The van der Waals surface area contributed by atoms with Crippen molar-refractivity contribution in [1.82, 2.24) is 0 Å². The second-order valence-corrected chi connectivity index (χ2v) is 7.31. The molecule has 31 heavy (non-hydrogen) atoms. The molecule has 9 heteroatoms. The summed E-state index contributed by atoms with van der Waals surface area (Å²) in [6.45, 7) is -0.0809. The predicted molar refractivity (Wildman–Crippen MR) is 107 cm³/mol. The number of methoxy groups -OCH3 is 2. The standard InChI is InChI=1S/C22H21FN2O6/c1-24-17-15(10-7-11-16(17)23)22(18(24)26)21(19(27)29-2,20(28)30-3)12-13-31-25(22)14-8-5-4-6-9-14/h4-11H,12-13H2,1-3H3. The predicted octanol–water partition coefficient (Wildman–Crippen LogP) is 2.17. The van der Waals surface area contributed by atoms with Gasteiger partial charge in [0.05, 0.1) is 32.2 Å². The van der Waals surface area contributed by atoms with E-state index in [1.807, 2.05) is 0 Å². The van der Waals surface area contributed by atoms with E-state index in [-0.39, 0.29) is 24.3 Å². The minimum atomic E-state index is -2.14. The van der Waals surface area contributed by atoms with Gasteiger partial charge < -0.3 is 14.4 Å². The largest absolute Gasteiger partial charge is 0.468 e. The highest BCUT2D eigenvalue weighted by Gasteiger charge is 2.76. The smallest absolute Gasteiger partial charge is 0.326 e. The van der Waals surface area contributed by atoms with Crippen LogP contribution in [0.1, 0.15) is 12.0 Å². The Kier molecular flexibility index (Phi) is 4.93. The summed E-state index contributed by atoms with van der Waals surface area (Å²) >= 11 is 0. The number of likely N-dealkylation sites (N-methyl/N-ethyl adjacent to an activating group) is 1. The fourth-order valence-electron chi connectivity index (χ4n) is 4.72. The number of ether oxygens (including phenoxy) is 2. The van der Waals surface area contributed by atoms with E-state index in [2.05, 4.69) is 0 Å². The molecular formula is C22H21FN2O6. The number of nitrogens with zero attached hydrogens (tertiary/aromatic N) is 2. The first-order valence-electron chi connectivity index (χ1n) is 9.60. The van der Waals surface area contributed by atoms with Gasteiger partial charge in [-0.2, -0.15) is 0 Å². The number of hydroxylamine groups is 1. The summed E-state index contributed by atoms with van der Waals surface area (Å²) in [6.07, 6.45) is -0.203. The number of carbonyl (C=O) groups is 3. The van der Waals surface area contributed by atoms with Gasteiger partial charge in [-0.15, -0.1) is 0 Å². The maximum absolute atomic E-state index is 14.9. The molecular weight excluding hydrogens is 407 g/mol. The van der Waals surface area contributed by atoms with Crippen molar-refractivity contribution in [3.63, 3.8) is 0 Å². The molecule has 162 valence electrons. The molecule has 2 aliphatic rings. The second-order valence-electron chi connectivity index (χ2n) is 7.31. The van der Waals surface area contributed by atoms with Crippen molar-refractivity contribution in [2.45, 2.75) is 12.0 Å². The number of hydrogen-bond donors (Lipinski definition) is 0. The first-order chi connectivity index (χ1) is 14.9. The summed E-state index contributed by atoms with van der Waals surface area (Å²) in [5.74, 6) is -3.33. The highest BCUT2D eigenvalue weighted by Crippen LogP contribution is 2.59. The van der Waals surface area contributed by atoms with Crippen LogP contribution < -0.4 is 9.96 Å². The second kappa shape index (κ2) is 7.35. The maximum atomic E-state index is 14.9. The zero-order valence-electron chi connectivity index (χ0n) is 17.3. The highest BCUT2D eigenvalue weighted by atomic mass is 19.1. The summed E-state index contributed by atoms with van der Waals surface area (Å²) in [7, 11) is 3.63. The van der Waals surface area contributed by atoms with E-state index in [4.69, 9.17) is 14.3 Å². The molecule has 1 amide bonds. The topological polar surface area (TPSA) is 85.4 Å². The van der Waals surface area contributed by atoms with Crippen LogP contribution in [-0.4, -0.2) is 45.7 Å². The van der Waals surface area contributed by atoms with Gasteiger partial charge in [0.1, 0.15) is 5.82 Å². The minimum Gasteiger partial charge on any atom is -0.468 e. The molecule has 1 unspecified atom stereocenters. The molecule has 1 atom stereocenters. The fraction of sp³-hybridized carbons (Fsp3) is 0.318. The van der Waals surface area contributed by atoms with Crippen molar-refractivity contribution in [3.8, 4) is 0 Å². The van der Waals surface area contributed by atoms with Gasteiger partial charge in [-0.25, -0.2) is 9.45 Å².